The number of hydrogen-bond acceptors (Lipinski definition) is 3. The van der Waals surface area contributed by atoms with E-state index >= 15 is 0 Å². The molecule has 0 spiro atoms. The molecule has 0 saturated carbocycles. The van der Waals surface area contributed by atoms with Crippen molar-refractivity contribution >= 4 is 29.1 Å². The van der Waals surface area contributed by atoms with Crippen LogP contribution < -0.4 is 5.73 Å². The molecule has 1 amide bonds. The molecule has 19 heavy (non-hydrogen) atoms. The molecule has 96 valence electrons. The van der Waals surface area contributed by atoms with E-state index < -0.39 is 5.91 Å². The van der Waals surface area contributed by atoms with Crippen molar-refractivity contribution in [1.82, 2.24) is 4.98 Å². The molecule has 6 heteroatoms. The molecule has 2 N–H and O–H groups in total. The summed E-state index contributed by atoms with van der Waals surface area (Å²) in [4.78, 5) is 14.2. The van der Waals surface area contributed by atoms with Crippen LogP contribution in [-0.4, -0.2) is 10.9 Å². The highest BCUT2D eigenvalue weighted by Gasteiger charge is 1.96. The first-order chi connectivity index (χ1) is 9.04. The highest BCUT2D eigenvalue weighted by molar-refractivity contribution is 6.30. The number of rotatable bonds is 1. The molecule has 0 aliphatic carbocycles. The van der Waals surface area contributed by atoms with Crippen molar-refractivity contribution in [1.29, 1.82) is 5.26 Å². The fourth-order valence-corrected chi connectivity index (χ4v) is 1.37. The van der Waals surface area contributed by atoms with Gasteiger partial charge in [-0.2, -0.15) is 5.26 Å². The number of benzene rings is 1. The third-order valence-electron chi connectivity index (χ3n) is 2.01. The number of amides is 1. The van der Waals surface area contributed by atoms with E-state index in [1.165, 1.54) is 0 Å². The van der Waals surface area contributed by atoms with Gasteiger partial charge in [0.25, 0.3) is 0 Å². The van der Waals surface area contributed by atoms with E-state index in [0.29, 0.717) is 16.1 Å². The van der Waals surface area contributed by atoms with E-state index in [4.69, 9.17) is 34.2 Å². The molecule has 0 atom stereocenters. The van der Waals surface area contributed by atoms with E-state index in [2.05, 4.69) is 4.98 Å². The summed E-state index contributed by atoms with van der Waals surface area (Å²) in [5, 5.41) is 9.21. The van der Waals surface area contributed by atoms with Gasteiger partial charge in [-0.3, -0.25) is 4.79 Å². The third-order valence-corrected chi connectivity index (χ3v) is 2.56. The normalized spacial score (nSPS) is 8.89. The topological polar surface area (TPSA) is 79.8 Å². The Hall–Kier alpha value is -2.09. The summed E-state index contributed by atoms with van der Waals surface area (Å²) in [6.45, 7) is 0. The Bertz CT molecular complexity index is 606. The summed E-state index contributed by atoms with van der Waals surface area (Å²) in [5.74, 6) is -0.434. The Morgan fingerprint density at radius 2 is 1.84 bits per heavy atom. The molecule has 0 saturated heterocycles. The lowest BCUT2D eigenvalue weighted by Gasteiger charge is -1.92. The van der Waals surface area contributed by atoms with Gasteiger partial charge in [-0.15, -0.1) is 0 Å². The molecule has 2 aromatic rings. The zero-order valence-electron chi connectivity index (χ0n) is 9.68. The Labute approximate surface area is 120 Å². The van der Waals surface area contributed by atoms with E-state index in [1.807, 2.05) is 6.07 Å². The zero-order chi connectivity index (χ0) is 14.3. The average molecular weight is 294 g/mol. The van der Waals surface area contributed by atoms with Crippen LogP contribution in [0.2, 0.25) is 10.2 Å². The van der Waals surface area contributed by atoms with Gasteiger partial charge in [-0.1, -0.05) is 23.2 Å². The minimum absolute atomic E-state index is 0.264. The van der Waals surface area contributed by atoms with Crippen LogP contribution in [0.3, 0.4) is 0 Å². The molecule has 0 radical (unpaired) electrons. The van der Waals surface area contributed by atoms with Crippen LogP contribution >= 0.6 is 23.2 Å². The van der Waals surface area contributed by atoms with E-state index in [1.54, 1.807) is 42.6 Å². The second-order valence-corrected chi connectivity index (χ2v) is 4.12. The van der Waals surface area contributed by atoms with Crippen LogP contribution in [-0.2, 0) is 0 Å². The lowest BCUT2D eigenvalue weighted by atomic mass is 10.2. The molecule has 0 fully saturated rings. The summed E-state index contributed by atoms with van der Waals surface area (Å²) in [7, 11) is 0. The summed E-state index contributed by atoms with van der Waals surface area (Å²) >= 11 is 11.1. The molecule has 4 nitrogen and oxygen atoms in total. The Kier molecular flexibility index (Phi) is 5.80. The molecule has 0 unspecified atom stereocenters. The molecule has 1 aromatic carbocycles. The van der Waals surface area contributed by atoms with Crippen LogP contribution in [0.1, 0.15) is 15.9 Å². The van der Waals surface area contributed by atoms with Crippen LogP contribution in [0.4, 0.5) is 0 Å². The van der Waals surface area contributed by atoms with Gasteiger partial charge in [0.05, 0.1) is 5.56 Å². The van der Waals surface area contributed by atoms with Crippen molar-refractivity contribution in [2.24, 2.45) is 5.73 Å². The van der Waals surface area contributed by atoms with Gasteiger partial charge in [0, 0.05) is 16.8 Å². The van der Waals surface area contributed by atoms with Gasteiger partial charge in [0.1, 0.15) is 11.2 Å². The number of nitrogens with zero attached hydrogens (tertiary/aromatic N) is 2. The van der Waals surface area contributed by atoms with E-state index in [9.17, 15) is 4.79 Å². The summed E-state index contributed by atoms with van der Waals surface area (Å²) in [6.07, 6.45) is 1.54. The van der Waals surface area contributed by atoms with Gasteiger partial charge < -0.3 is 5.73 Å². The summed E-state index contributed by atoms with van der Waals surface area (Å²) in [6, 6.07) is 11.6. The predicted octanol–water partition coefficient (Wildman–Crippen LogP) is 3.05. The maximum atomic E-state index is 10.5. The number of halogens is 2. The molecule has 1 heterocycles. The largest absolute Gasteiger partial charge is 0.366 e. The van der Waals surface area contributed by atoms with Crippen LogP contribution in [0.5, 0.6) is 0 Å². The fourth-order valence-electron chi connectivity index (χ4n) is 1.08. The first-order valence-electron chi connectivity index (χ1n) is 5.10. The smallest absolute Gasteiger partial charge is 0.248 e. The number of hydrogen-bond donors (Lipinski definition) is 1. The highest BCUT2D eigenvalue weighted by atomic mass is 35.5. The average Bonchev–Trinajstić information content (AvgIpc) is 2.40. The molecule has 1 aromatic heterocycles. The lowest BCUT2D eigenvalue weighted by Crippen LogP contribution is -2.10. The number of primary amides is 1. The van der Waals surface area contributed by atoms with Crippen LogP contribution in [0.25, 0.3) is 0 Å². The number of nitriles is 1. The van der Waals surface area contributed by atoms with Gasteiger partial charge >= 0.3 is 0 Å². The second kappa shape index (κ2) is 7.37. The number of aromatic nitrogens is 1. The van der Waals surface area contributed by atoms with Crippen molar-refractivity contribution in [2.75, 3.05) is 0 Å². The van der Waals surface area contributed by atoms with Crippen molar-refractivity contribution in [2.45, 2.75) is 0 Å². The molecular weight excluding hydrogens is 285 g/mol. The predicted molar refractivity (Wildman–Crippen MR) is 73.9 cm³/mol. The molecule has 2 rings (SSSR count). The molecule has 0 bridgehead atoms. The van der Waals surface area contributed by atoms with Crippen LogP contribution in [0, 0.1) is 11.3 Å². The minimum Gasteiger partial charge on any atom is -0.366 e. The molecular formula is C13H9Cl2N3O. The fraction of sp³-hybridized carbons (Fsp3) is 0. The Balaban J connectivity index is 0.000000191. The number of carbonyl (C=O) groups excluding carboxylic acids is 1. The monoisotopic (exact) mass is 293 g/mol. The SMILES string of the molecule is N#Cc1cccnc1Cl.NC(=O)c1ccc(Cl)cc1. The van der Waals surface area contributed by atoms with Gasteiger partial charge in [0.2, 0.25) is 5.91 Å². The van der Waals surface area contributed by atoms with E-state index in [0.717, 1.165) is 0 Å². The maximum absolute atomic E-state index is 10.5. The first kappa shape index (κ1) is 15.0. The molecule has 0 aliphatic rings. The number of carbonyl (C=O) groups is 1. The Morgan fingerprint density at radius 3 is 2.26 bits per heavy atom. The van der Waals surface area contributed by atoms with Crippen molar-refractivity contribution in [3.8, 4) is 6.07 Å². The summed E-state index contributed by atoms with van der Waals surface area (Å²) < 4.78 is 0. The minimum atomic E-state index is -0.434. The quantitative estimate of drug-likeness (QED) is 0.821. The standard InChI is InChI=1S/C7H6ClNO.C6H3ClN2/c8-6-3-1-5(2-4-6)7(9)10;7-6-5(4-8)2-1-3-9-6/h1-4H,(H2,9,10);1-3H. The zero-order valence-corrected chi connectivity index (χ0v) is 11.2. The van der Waals surface area contributed by atoms with Gasteiger partial charge in [-0.05, 0) is 36.4 Å². The van der Waals surface area contributed by atoms with Crippen LogP contribution in [0.15, 0.2) is 42.6 Å². The van der Waals surface area contributed by atoms with Crippen molar-refractivity contribution in [3.05, 3.63) is 63.9 Å². The highest BCUT2D eigenvalue weighted by Crippen LogP contribution is 2.09. The number of pyridine rings is 1. The third kappa shape index (κ3) is 4.96. The van der Waals surface area contributed by atoms with Gasteiger partial charge in [-0.25, -0.2) is 4.98 Å². The van der Waals surface area contributed by atoms with Gasteiger partial charge in [0.15, 0.2) is 0 Å². The second-order valence-electron chi connectivity index (χ2n) is 3.32. The number of nitrogens with two attached hydrogens (primary N) is 1. The maximum Gasteiger partial charge on any atom is 0.248 e. The summed E-state index contributed by atoms with van der Waals surface area (Å²) in [5.41, 5.74) is 5.87. The van der Waals surface area contributed by atoms with Crippen molar-refractivity contribution < 1.29 is 4.79 Å². The van der Waals surface area contributed by atoms with E-state index in [-0.39, 0.29) is 5.15 Å². The molecule has 0 aliphatic heterocycles. The van der Waals surface area contributed by atoms with Crippen molar-refractivity contribution in [3.63, 3.8) is 0 Å². The first-order valence-corrected chi connectivity index (χ1v) is 5.86. The lowest BCUT2D eigenvalue weighted by molar-refractivity contribution is 0.100. The Morgan fingerprint density at radius 1 is 1.21 bits per heavy atom.